The molecule has 2 atom stereocenters. The van der Waals surface area contributed by atoms with Crippen LogP contribution in [0.1, 0.15) is 25.2 Å². The van der Waals surface area contributed by atoms with Crippen LogP contribution in [0.4, 0.5) is 0 Å². The van der Waals surface area contributed by atoms with Crippen LogP contribution in [0.2, 0.25) is 0 Å². The monoisotopic (exact) mass is 331 g/mol. The van der Waals surface area contributed by atoms with Crippen molar-refractivity contribution >= 4 is 15.9 Å². The number of hydrogen-bond donors (Lipinski definition) is 1. The first-order valence-electron chi connectivity index (χ1n) is 6.73. The molecular formula is C13H22BrN3O2. The first-order valence-corrected chi connectivity index (χ1v) is 7.52. The third kappa shape index (κ3) is 3.18. The number of morpholine rings is 1. The quantitative estimate of drug-likeness (QED) is 0.904. The Labute approximate surface area is 122 Å². The predicted octanol–water partition coefficient (Wildman–Crippen LogP) is 1.33. The van der Waals surface area contributed by atoms with Gasteiger partial charge in [-0.25, -0.2) is 0 Å². The lowest BCUT2D eigenvalue weighted by Gasteiger charge is -2.37. The standard InChI is InChI=1S/C13H22BrN3O2/c1-4-11-13(14)12(16(3)15-11)6-17-5-10(7-18)19-8-9(17)2/h9-10,18H,4-8H2,1-3H3. The number of hydrogen-bond acceptors (Lipinski definition) is 4. The lowest BCUT2D eigenvalue weighted by atomic mass is 10.2. The van der Waals surface area contributed by atoms with E-state index in [0.717, 1.165) is 29.7 Å². The van der Waals surface area contributed by atoms with Crippen LogP contribution < -0.4 is 0 Å². The lowest BCUT2D eigenvalue weighted by molar-refractivity contribution is -0.0811. The van der Waals surface area contributed by atoms with Crippen molar-refractivity contribution in [2.75, 3.05) is 19.8 Å². The molecule has 1 aromatic rings. The van der Waals surface area contributed by atoms with Gasteiger partial charge >= 0.3 is 0 Å². The minimum absolute atomic E-state index is 0.0751. The first-order chi connectivity index (χ1) is 9.06. The minimum Gasteiger partial charge on any atom is -0.394 e. The minimum atomic E-state index is -0.0751. The van der Waals surface area contributed by atoms with E-state index >= 15 is 0 Å². The highest BCUT2D eigenvalue weighted by Gasteiger charge is 2.27. The number of nitrogens with zero attached hydrogens (tertiary/aromatic N) is 3. The Balaban J connectivity index is 2.13. The van der Waals surface area contributed by atoms with E-state index in [4.69, 9.17) is 4.74 Å². The molecule has 2 unspecified atom stereocenters. The highest BCUT2D eigenvalue weighted by Crippen LogP contribution is 2.24. The predicted molar refractivity (Wildman–Crippen MR) is 77.0 cm³/mol. The summed E-state index contributed by atoms with van der Waals surface area (Å²) < 4.78 is 8.62. The van der Waals surface area contributed by atoms with Crippen molar-refractivity contribution < 1.29 is 9.84 Å². The molecule has 0 amide bonds. The van der Waals surface area contributed by atoms with Crippen molar-refractivity contribution in [1.29, 1.82) is 0 Å². The van der Waals surface area contributed by atoms with E-state index in [-0.39, 0.29) is 12.7 Å². The van der Waals surface area contributed by atoms with Crippen molar-refractivity contribution in [2.24, 2.45) is 7.05 Å². The third-order valence-corrected chi connectivity index (χ3v) is 4.61. The van der Waals surface area contributed by atoms with Gasteiger partial charge in [-0.05, 0) is 29.3 Å². The Kier molecular flexibility index (Phi) is 5.00. The van der Waals surface area contributed by atoms with E-state index in [9.17, 15) is 5.11 Å². The van der Waals surface area contributed by atoms with Crippen LogP contribution in [0, 0.1) is 0 Å². The lowest BCUT2D eigenvalue weighted by Crippen LogP contribution is -2.49. The van der Waals surface area contributed by atoms with Gasteiger partial charge in [0.05, 0.1) is 35.2 Å². The Morgan fingerprint density at radius 2 is 2.26 bits per heavy atom. The number of rotatable bonds is 4. The summed E-state index contributed by atoms with van der Waals surface area (Å²) in [5.74, 6) is 0. The zero-order chi connectivity index (χ0) is 14.0. The van der Waals surface area contributed by atoms with Crippen molar-refractivity contribution in [1.82, 2.24) is 14.7 Å². The van der Waals surface area contributed by atoms with Gasteiger partial charge in [0.15, 0.2) is 0 Å². The summed E-state index contributed by atoms with van der Waals surface area (Å²) in [5, 5.41) is 13.8. The van der Waals surface area contributed by atoms with Gasteiger partial charge in [-0.3, -0.25) is 9.58 Å². The van der Waals surface area contributed by atoms with Crippen molar-refractivity contribution in [3.05, 3.63) is 15.9 Å². The van der Waals surface area contributed by atoms with Crippen LogP contribution >= 0.6 is 15.9 Å². The average molecular weight is 332 g/mol. The fourth-order valence-corrected chi connectivity index (χ4v) is 3.13. The maximum Gasteiger partial charge on any atom is 0.0933 e. The van der Waals surface area contributed by atoms with Crippen LogP contribution in [0.15, 0.2) is 4.47 Å². The summed E-state index contributed by atoms with van der Waals surface area (Å²) in [6.07, 6.45) is 0.848. The fraction of sp³-hybridized carbons (Fsp3) is 0.769. The molecule has 0 radical (unpaired) electrons. The Morgan fingerprint density at radius 1 is 1.53 bits per heavy atom. The Bertz CT molecular complexity index is 436. The molecule has 0 aliphatic carbocycles. The molecule has 0 spiro atoms. The molecule has 6 heteroatoms. The Hall–Kier alpha value is -0.430. The van der Waals surface area contributed by atoms with Crippen LogP contribution in [0.25, 0.3) is 0 Å². The summed E-state index contributed by atoms with van der Waals surface area (Å²) in [4.78, 5) is 2.34. The number of aryl methyl sites for hydroxylation is 2. The van der Waals surface area contributed by atoms with Gasteiger partial charge in [0.1, 0.15) is 0 Å². The van der Waals surface area contributed by atoms with E-state index in [1.165, 1.54) is 5.69 Å². The van der Waals surface area contributed by atoms with Gasteiger partial charge in [0, 0.05) is 26.2 Å². The molecule has 0 bridgehead atoms. The summed E-state index contributed by atoms with van der Waals surface area (Å²) in [6, 6.07) is 0.356. The summed E-state index contributed by atoms with van der Waals surface area (Å²) in [5.41, 5.74) is 2.28. The van der Waals surface area contributed by atoms with Gasteiger partial charge in [0.25, 0.3) is 0 Å². The van der Waals surface area contributed by atoms with E-state index in [0.29, 0.717) is 12.6 Å². The van der Waals surface area contributed by atoms with Crippen LogP contribution in [0.3, 0.4) is 0 Å². The van der Waals surface area contributed by atoms with Crippen LogP contribution in [0.5, 0.6) is 0 Å². The second kappa shape index (κ2) is 6.35. The number of aliphatic hydroxyl groups is 1. The fourth-order valence-electron chi connectivity index (χ4n) is 2.39. The number of aliphatic hydroxyl groups excluding tert-OH is 1. The van der Waals surface area contributed by atoms with E-state index in [2.05, 4.69) is 39.8 Å². The van der Waals surface area contributed by atoms with Crippen molar-refractivity contribution in [3.8, 4) is 0 Å². The molecule has 108 valence electrons. The summed E-state index contributed by atoms with van der Waals surface area (Å²) in [6.45, 7) is 6.59. The van der Waals surface area contributed by atoms with Gasteiger partial charge in [0.2, 0.25) is 0 Å². The van der Waals surface area contributed by atoms with Gasteiger partial charge in [-0.2, -0.15) is 5.10 Å². The maximum atomic E-state index is 9.23. The molecule has 0 aromatic carbocycles. The number of aromatic nitrogens is 2. The third-order valence-electron chi connectivity index (χ3n) is 3.69. The van der Waals surface area contributed by atoms with Crippen LogP contribution in [-0.4, -0.2) is 51.7 Å². The normalized spacial score (nSPS) is 24.9. The van der Waals surface area contributed by atoms with Gasteiger partial charge in [-0.1, -0.05) is 6.92 Å². The average Bonchev–Trinajstić information content (AvgIpc) is 2.68. The molecule has 1 aliphatic rings. The largest absolute Gasteiger partial charge is 0.394 e. The SMILES string of the molecule is CCc1nn(C)c(CN2CC(CO)OCC2C)c1Br. The molecule has 1 N–H and O–H groups in total. The zero-order valence-electron chi connectivity index (χ0n) is 11.8. The molecule has 19 heavy (non-hydrogen) atoms. The molecule has 1 aliphatic heterocycles. The zero-order valence-corrected chi connectivity index (χ0v) is 13.4. The Morgan fingerprint density at radius 3 is 2.84 bits per heavy atom. The molecule has 0 saturated carbocycles. The molecule has 2 heterocycles. The van der Waals surface area contributed by atoms with Crippen LogP contribution in [-0.2, 0) is 24.8 Å². The highest BCUT2D eigenvalue weighted by molar-refractivity contribution is 9.10. The molecular weight excluding hydrogens is 310 g/mol. The van der Waals surface area contributed by atoms with E-state index in [1.807, 2.05) is 11.7 Å². The summed E-state index contributed by atoms with van der Waals surface area (Å²) in [7, 11) is 1.98. The number of ether oxygens (including phenoxy) is 1. The maximum absolute atomic E-state index is 9.23. The smallest absolute Gasteiger partial charge is 0.0933 e. The second-order valence-electron chi connectivity index (χ2n) is 5.10. The first kappa shape index (κ1) is 15.0. The van der Waals surface area contributed by atoms with E-state index in [1.54, 1.807) is 0 Å². The molecule has 2 rings (SSSR count). The van der Waals surface area contributed by atoms with E-state index < -0.39 is 0 Å². The second-order valence-corrected chi connectivity index (χ2v) is 5.89. The van der Waals surface area contributed by atoms with Gasteiger partial charge < -0.3 is 9.84 Å². The van der Waals surface area contributed by atoms with Gasteiger partial charge in [-0.15, -0.1) is 0 Å². The van der Waals surface area contributed by atoms with Crippen molar-refractivity contribution in [3.63, 3.8) is 0 Å². The molecule has 1 saturated heterocycles. The van der Waals surface area contributed by atoms with Crippen molar-refractivity contribution in [2.45, 2.75) is 39.0 Å². The molecule has 1 fully saturated rings. The number of halogens is 1. The molecule has 1 aromatic heterocycles. The molecule has 5 nitrogen and oxygen atoms in total. The summed E-state index contributed by atoms with van der Waals surface area (Å²) >= 11 is 3.65. The highest BCUT2D eigenvalue weighted by atomic mass is 79.9. The topological polar surface area (TPSA) is 50.5 Å².